The van der Waals surface area contributed by atoms with Gasteiger partial charge in [-0.15, -0.1) is 0 Å². The highest BCUT2D eigenvalue weighted by atomic mass is 16.4. The van der Waals surface area contributed by atoms with Crippen molar-refractivity contribution >= 4 is 11.7 Å². The number of pyridine rings is 1. The lowest BCUT2D eigenvalue weighted by molar-refractivity contribution is 0.0950. The Balaban J connectivity index is 1.68. The zero-order chi connectivity index (χ0) is 20.1. The van der Waals surface area contributed by atoms with Crippen LogP contribution in [0.5, 0.6) is 0 Å². The maximum Gasteiger partial charge on any atom is 0.253 e. The normalized spacial score (nSPS) is 11.4. The van der Waals surface area contributed by atoms with Gasteiger partial charge in [-0.05, 0) is 43.2 Å². The zero-order valence-corrected chi connectivity index (χ0v) is 15.9. The molecule has 0 radical (unpaired) electrons. The number of carbonyl (C=O) groups excluding carboxylic acids is 1. The fraction of sp³-hybridized carbons (Fsp3) is 0.190. The Bertz CT molecular complexity index is 992. The summed E-state index contributed by atoms with van der Waals surface area (Å²) in [6.45, 7) is 5.04. The van der Waals surface area contributed by atoms with Crippen LogP contribution in [-0.4, -0.2) is 26.5 Å². The van der Waals surface area contributed by atoms with Gasteiger partial charge in [-0.25, -0.2) is 0 Å². The van der Waals surface area contributed by atoms with Crippen LogP contribution in [-0.2, 0) is 13.1 Å². The van der Waals surface area contributed by atoms with E-state index in [1.807, 2.05) is 44.2 Å². The number of nitrogens with one attached hydrogen (secondary N) is 1. The molecule has 7 nitrogen and oxygen atoms in total. The molecule has 0 saturated carbocycles. The van der Waals surface area contributed by atoms with Crippen molar-refractivity contribution < 1.29 is 10.0 Å². The fourth-order valence-corrected chi connectivity index (χ4v) is 3.07. The van der Waals surface area contributed by atoms with Gasteiger partial charge in [0, 0.05) is 42.4 Å². The van der Waals surface area contributed by atoms with Gasteiger partial charge in [-0.2, -0.15) is 0 Å². The summed E-state index contributed by atoms with van der Waals surface area (Å²) in [5.41, 5.74) is 10.9. The van der Waals surface area contributed by atoms with Crippen molar-refractivity contribution in [1.29, 1.82) is 0 Å². The number of nitrogens with zero attached hydrogens (tertiary/aromatic N) is 3. The largest absolute Gasteiger partial charge is 0.409 e. The van der Waals surface area contributed by atoms with Crippen molar-refractivity contribution in [2.75, 3.05) is 0 Å². The molecule has 0 fully saturated rings. The lowest BCUT2D eigenvalue weighted by atomic mass is 10.1. The number of hydrogen-bond acceptors (Lipinski definition) is 4. The van der Waals surface area contributed by atoms with Gasteiger partial charge in [0.25, 0.3) is 5.91 Å². The number of carbonyl (C=O) groups is 1. The van der Waals surface area contributed by atoms with Crippen LogP contribution < -0.4 is 11.1 Å². The van der Waals surface area contributed by atoms with Gasteiger partial charge in [0.15, 0.2) is 5.84 Å². The van der Waals surface area contributed by atoms with Gasteiger partial charge in [-0.3, -0.25) is 9.78 Å². The Morgan fingerprint density at radius 3 is 2.46 bits per heavy atom. The summed E-state index contributed by atoms with van der Waals surface area (Å²) in [5, 5.41) is 14.6. The molecule has 0 spiro atoms. The molecule has 28 heavy (non-hydrogen) atoms. The van der Waals surface area contributed by atoms with Crippen molar-refractivity contribution in [3.05, 3.63) is 88.5 Å². The van der Waals surface area contributed by atoms with Crippen LogP contribution in [0.1, 0.15) is 38.4 Å². The molecular formula is C21H23N5O2. The minimum absolute atomic E-state index is 0.0530. The third-order valence-corrected chi connectivity index (χ3v) is 4.72. The van der Waals surface area contributed by atoms with Crippen LogP contribution in [0, 0.1) is 13.8 Å². The predicted octanol–water partition coefficient (Wildman–Crippen LogP) is 2.57. The molecule has 4 N–H and O–H groups in total. The maximum absolute atomic E-state index is 12.7. The Kier molecular flexibility index (Phi) is 5.74. The molecule has 0 bridgehead atoms. The van der Waals surface area contributed by atoms with E-state index in [0.717, 1.165) is 22.5 Å². The van der Waals surface area contributed by atoms with Crippen LogP contribution in [0.15, 0.2) is 60.0 Å². The van der Waals surface area contributed by atoms with Gasteiger partial charge in [0.1, 0.15) is 0 Å². The number of nitrogens with two attached hydrogens (primary N) is 1. The number of aryl methyl sites for hydroxylation is 1. The molecule has 0 aliphatic heterocycles. The number of rotatable bonds is 6. The lowest BCUT2D eigenvalue weighted by Gasteiger charge is -2.10. The van der Waals surface area contributed by atoms with E-state index in [2.05, 4.69) is 20.0 Å². The van der Waals surface area contributed by atoms with E-state index in [0.29, 0.717) is 24.2 Å². The molecule has 144 valence electrons. The van der Waals surface area contributed by atoms with E-state index < -0.39 is 0 Å². The third-order valence-electron chi connectivity index (χ3n) is 4.72. The van der Waals surface area contributed by atoms with E-state index in [1.54, 1.807) is 24.5 Å². The fourth-order valence-electron chi connectivity index (χ4n) is 3.07. The van der Waals surface area contributed by atoms with Crippen LogP contribution in [0.3, 0.4) is 0 Å². The predicted molar refractivity (Wildman–Crippen MR) is 107 cm³/mol. The highest BCUT2D eigenvalue weighted by Gasteiger charge is 2.15. The standard InChI is InChI=1S/C21H23N5O2/c1-14-11-19(15(2)26(14)13-17-7-9-23-10-8-17)21(27)24-12-16-3-5-18(6-4-16)20(22)25-28/h3-11,28H,12-13H2,1-2H3,(H2,22,25)(H,24,27). The first-order valence-electron chi connectivity index (χ1n) is 8.90. The molecule has 0 unspecified atom stereocenters. The van der Waals surface area contributed by atoms with E-state index >= 15 is 0 Å². The van der Waals surface area contributed by atoms with Gasteiger partial charge in [-0.1, -0.05) is 29.4 Å². The van der Waals surface area contributed by atoms with E-state index in [4.69, 9.17) is 10.9 Å². The second kappa shape index (κ2) is 8.39. The average Bonchev–Trinajstić information content (AvgIpc) is 3.01. The first-order chi connectivity index (χ1) is 13.5. The molecule has 2 heterocycles. The second-order valence-corrected chi connectivity index (χ2v) is 6.59. The zero-order valence-electron chi connectivity index (χ0n) is 15.9. The van der Waals surface area contributed by atoms with Crippen molar-refractivity contribution in [3.8, 4) is 0 Å². The summed E-state index contributed by atoms with van der Waals surface area (Å²) < 4.78 is 2.12. The van der Waals surface area contributed by atoms with Crippen molar-refractivity contribution in [1.82, 2.24) is 14.9 Å². The van der Waals surface area contributed by atoms with E-state index in [1.165, 1.54) is 0 Å². The second-order valence-electron chi connectivity index (χ2n) is 6.59. The summed E-state index contributed by atoms with van der Waals surface area (Å²) in [5.74, 6) is -0.0631. The van der Waals surface area contributed by atoms with E-state index in [-0.39, 0.29) is 11.7 Å². The molecular weight excluding hydrogens is 354 g/mol. The summed E-state index contributed by atoms with van der Waals surface area (Å²) in [7, 11) is 0. The Hall–Kier alpha value is -3.61. The Labute approximate surface area is 163 Å². The maximum atomic E-state index is 12.7. The number of amides is 1. The molecule has 0 atom stereocenters. The molecule has 1 amide bonds. The first-order valence-corrected chi connectivity index (χ1v) is 8.90. The van der Waals surface area contributed by atoms with Crippen LogP contribution in [0.25, 0.3) is 0 Å². The van der Waals surface area contributed by atoms with Crippen molar-refractivity contribution in [3.63, 3.8) is 0 Å². The molecule has 3 aromatic rings. The molecule has 0 saturated heterocycles. The minimum Gasteiger partial charge on any atom is -0.409 e. The number of hydrogen-bond donors (Lipinski definition) is 3. The molecule has 3 rings (SSSR count). The summed E-state index contributed by atoms with van der Waals surface area (Å²) >= 11 is 0. The first kappa shape index (κ1) is 19.2. The summed E-state index contributed by atoms with van der Waals surface area (Å²) in [4.78, 5) is 16.7. The van der Waals surface area contributed by atoms with Crippen LogP contribution in [0.4, 0.5) is 0 Å². The molecule has 0 aliphatic rings. The minimum atomic E-state index is -0.116. The SMILES string of the molecule is Cc1cc(C(=O)NCc2ccc(/C(N)=N\O)cc2)c(C)n1Cc1ccncc1. The number of aromatic nitrogens is 2. The number of benzene rings is 1. The molecule has 7 heteroatoms. The van der Waals surface area contributed by atoms with E-state index in [9.17, 15) is 4.79 Å². The monoisotopic (exact) mass is 377 g/mol. The summed E-state index contributed by atoms with van der Waals surface area (Å²) in [6.07, 6.45) is 3.53. The van der Waals surface area contributed by atoms with Gasteiger partial charge >= 0.3 is 0 Å². The third kappa shape index (κ3) is 4.20. The number of amidine groups is 1. The van der Waals surface area contributed by atoms with Gasteiger partial charge in [0.05, 0.1) is 5.56 Å². The Morgan fingerprint density at radius 1 is 1.14 bits per heavy atom. The molecule has 0 aliphatic carbocycles. The summed E-state index contributed by atoms with van der Waals surface area (Å²) in [6, 6.07) is 13.0. The average molecular weight is 377 g/mol. The highest BCUT2D eigenvalue weighted by molar-refractivity contribution is 5.97. The van der Waals surface area contributed by atoms with Crippen LogP contribution >= 0.6 is 0 Å². The molecule has 2 aromatic heterocycles. The van der Waals surface area contributed by atoms with Gasteiger partial charge in [0.2, 0.25) is 0 Å². The quantitative estimate of drug-likeness (QED) is 0.266. The van der Waals surface area contributed by atoms with Gasteiger partial charge < -0.3 is 20.8 Å². The topological polar surface area (TPSA) is 106 Å². The number of oxime groups is 1. The Morgan fingerprint density at radius 2 is 1.82 bits per heavy atom. The van der Waals surface area contributed by atoms with Crippen molar-refractivity contribution in [2.45, 2.75) is 26.9 Å². The molecule has 1 aromatic carbocycles. The van der Waals surface area contributed by atoms with Crippen molar-refractivity contribution in [2.24, 2.45) is 10.9 Å². The highest BCUT2D eigenvalue weighted by Crippen LogP contribution is 2.17. The van der Waals surface area contributed by atoms with Crippen LogP contribution in [0.2, 0.25) is 0 Å². The lowest BCUT2D eigenvalue weighted by Crippen LogP contribution is -2.23. The smallest absolute Gasteiger partial charge is 0.253 e.